The van der Waals surface area contributed by atoms with Gasteiger partial charge in [-0.1, -0.05) is 6.07 Å². The molecule has 1 heterocycles. The number of nitrogens with zero attached hydrogens (tertiary/aromatic N) is 1. The highest BCUT2D eigenvalue weighted by molar-refractivity contribution is 9.10. The summed E-state index contributed by atoms with van der Waals surface area (Å²) in [6.07, 6.45) is 3.75. The second kappa shape index (κ2) is 4.25. The fraction of sp³-hybridized carbons (Fsp3) is 0.538. The average molecular weight is 299 g/mol. The zero-order valence-electron chi connectivity index (χ0n) is 9.63. The van der Waals surface area contributed by atoms with Crippen LogP contribution in [0.4, 0.5) is 10.1 Å². The Bertz CT molecular complexity index is 449. The monoisotopic (exact) mass is 298 g/mol. The normalized spacial score (nSPS) is 26.9. The summed E-state index contributed by atoms with van der Waals surface area (Å²) < 4.78 is 14.8. The van der Waals surface area contributed by atoms with Crippen LogP contribution in [0, 0.1) is 11.7 Å². The highest BCUT2D eigenvalue weighted by atomic mass is 79.9. The first-order chi connectivity index (χ1) is 8.20. The Morgan fingerprint density at radius 1 is 1.41 bits per heavy atom. The van der Waals surface area contributed by atoms with E-state index in [-0.39, 0.29) is 5.82 Å². The molecule has 1 aliphatic carbocycles. The van der Waals surface area contributed by atoms with Gasteiger partial charge in [0.1, 0.15) is 0 Å². The first-order valence-corrected chi connectivity index (χ1v) is 6.93. The van der Waals surface area contributed by atoms with E-state index in [4.69, 9.17) is 5.73 Å². The van der Waals surface area contributed by atoms with Gasteiger partial charge in [0.15, 0.2) is 5.82 Å². The average Bonchev–Trinajstić information content (AvgIpc) is 2.94. The molecular formula is C13H16BrFN2. The predicted molar refractivity (Wildman–Crippen MR) is 70.5 cm³/mol. The van der Waals surface area contributed by atoms with Crippen LogP contribution in [0.25, 0.3) is 0 Å². The number of fused-ring (bicyclic) bond motifs is 2. The second-order valence-electron chi connectivity index (χ2n) is 5.06. The van der Waals surface area contributed by atoms with Crippen molar-refractivity contribution in [3.63, 3.8) is 0 Å². The lowest BCUT2D eigenvalue weighted by Gasteiger charge is -2.30. The maximum atomic E-state index is 14.3. The van der Waals surface area contributed by atoms with E-state index in [0.29, 0.717) is 17.1 Å². The molecular weight excluding hydrogens is 283 g/mol. The molecule has 3 rings (SSSR count). The van der Waals surface area contributed by atoms with Crippen molar-refractivity contribution in [1.29, 1.82) is 0 Å². The van der Waals surface area contributed by atoms with E-state index < -0.39 is 0 Å². The summed E-state index contributed by atoms with van der Waals surface area (Å²) in [6.45, 7) is 1.37. The van der Waals surface area contributed by atoms with Gasteiger partial charge in [0.2, 0.25) is 0 Å². The molecule has 92 valence electrons. The van der Waals surface area contributed by atoms with Crippen molar-refractivity contribution < 1.29 is 4.39 Å². The molecule has 4 heteroatoms. The molecule has 2 N–H and O–H groups in total. The van der Waals surface area contributed by atoms with Crippen LogP contribution >= 0.6 is 15.9 Å². The Morgan fingerprint density at radius 3 is 2.82 bits per heavy atom. The van der Waals surface area contributed by atoms with E-state index in [2.05, 4.69) is 20.8 Å². The van der Waals surface area contributed by atoms with Gasteiger partial charge in [-0.3, -0.25) is 0 Å². The van der Waals surface area contributed by atoms with Crippen molar-refractivity contribution in [1.82, 2.24) is 0 Å². The number of hydrogen-bond donors (Lipinski definition) is 1. The van der Waals surface area contributed by atoms with E-state index in [1.54, 1.807) is 0 Å². The number of anilines is 1. The Morgan fingerprint density at radius 2 is 2.24 bits per heavy atom. The lowest BCUT2D eigenvalue weighted by atomic mass is 10.1. The molecule has 1 aromatic carbocycles. The van der Waals surface area contributed by atoms with E-state index in [1.165, 1.54) is 19.3 Å². The zero-order chi connectivity index (χ0) is 12.0. The molecule has 17 heavy (non-hydrogen) atoms. The quantitative estimate of drug-likeness (QED) is 0.909. The third-order valence-corrected chi connectivity index (χ3v) is 4.94. The maximum absolute atomic E-state index is 14.3. The minimum atomic E-state index is -0.152. The van der Waals surface area contributed by atoms with Crippen LogP contribution in [0.2, 0.25) is 0 Å². The van der Waals surface area contributed by atoms with Crippen molar-refractivity contribution in [2.45, 2.75) is 31.8 Å². The summed E-state index contributed by atoms with van der Waals surface area (Å²) in [7, 11) is 0. The van der Waals surface area contributed by atoms with Gasteiger partial charge in [-0.2, -0.15) is 0 Å². The van der Waals surface area contributed by atoms with Crippen LogP contribution in [0.3, 0.4) is 0 Å². The Balaban J connectivity index is 1.96. The van der Waals surface area contributed by atoms with E-state index in [9.17, 15) is 4.39 Å². The third-order valence-electron chi connectivity index (χ3n) is 4.08. The van der Waals surface area contributed by atoms with Crippen LogP contribution < -0.4 is 10.6 Å². The maximum Gasteiger partial charge on any atom is 0.160 e. The highest BCUT2D eigenvalue weighted by Gasteiger charge is 2.38. The lowest BCUT2D eigenvalue weighted by Crippen LogP contribution is -2.32. The zero-order valence-corrected chi connectivity index (χ0v) is 11.2. The summed E-state index contributed by atoms with van der Waals surface area (Å²) in [4.78, 5) is 2.23. The minimum absolute atomic E-state index is 0.152. The fourth-order valence-electron chi connectivity index (χ4n) is 3.18. The van der Waals surface area contributed by atoms with E-state index in [1.807, 2.05) is 12.1 Å². The third kappa shape index (κ3) is 1.78. The number of piperidine rings is 1. The standard InChI is InChI=1S/C13H16BrFN2/c14-12-9(6-16)2-4-11(13(12)15)17-7-8-1-3-10(17)5-8/h2,4,8,10H,1,3,5-7,16H2. The Hall–Kier alpha value is -0.610. The van der Waals surface area contributed by atoms with Crippen LogP contribution in [0.5, 0.6) is 0 Å². The van der Waals surface area contributed by atoms with Gasteiger partial charge in [0.25, 0.3) is 0 Å². The van der Waals surface area contributed by atoms with E-state index in [0.717, 1.165) is 23.7 Å². The molecule has 2 bridgehead atoms. The molecule has 2 aliphatic rings. The predicted octanol–water partition coefficient (Wildman–Crippen LogP) is 3.04. The summed E-state index contributed by atoms with van der Waals surface area (Å²) in [6, 6.07) is 4.35. The Kier molecular flexibility index (Phi) is 2.87. The summed E-state index contributed by atoms with van der Waals surface area (Å²) in [5.41, 5.74) is 7.14. The molecule has 1 saturated heterocycles. The number of benzene rings is 1. The van der Waals surface area contributed by atoms with Crippen molar-refractivity contribution >= 4 is 21.6 Å². The van der Waals surface area contributed by atoms with Crippen molar-refractivity contribution in [3.05, 3.63) is 28.0 Å². The van der Waals surface area contributed by atoms with Gasteiger partial charge in [-0.25, -0.2) is 4.39 Å². The molecule has 2 fully saturated rings. The molecule has 0 amide bonds. The van der Waals surface area contributed by atoms with Gasteiger partial charge in [0, 0.05) is 19.1 Å². The lowest BCUT2D eigenvalue weighted by molar-refractivity contribution is 0.539. The highest BCUT2D eigenvalue weighted by Crippen LogP contribution is 2.42. The van der Waals surface area contributed by atoms with Crippen LogP contribution in [-0.4, -0.2) is 12.6 Å². The largest absolute Gasteiger partial charge is 0.366 e. The van der Waals surface area contributed by atoms with Gasteiger partial charge >= 0.3 is 0 Å². The van der Waals surface area contributed by atoms with Gasteiger partial charge in [-0.05, 0) is 52.7 Å². The molecule has 2 nitrogen and oxygen atoms in total. The van der Waals surface area contributed by atoms with Gasteiger partial charge in [-0.15, -0.1) is 0 Å². The molecule has 1 aliphatic heterocycles. The van der Waals surface area contributed by atoms with Crippen LogP contribution in [-0.2, 0) is 6.54 Å². The molecule has 1 aromatic rings. The van der Waals surface area contributed by atoms with Crippen LogP contribution in [0.15, 0.2) is 16.6 Å². The minimum Gasteiger partial charge on any atom is -0.366 e. The van der Waals surface area contributed by atoms with Crippen LogP contribution in [0.1, 0.15) is 24.8 Å². The topological polar surface area (TPSA) is 29.3 Å². The summed E-state index contributed by atoms with van der Waals surface area (Å²) >= 11 is 3.31. The summed E-state index contributed by atoms with van der Waals surface area (Å²) in [5.74, 6) is 0.618. The molecule has 1 saturated carbocycles. The molecule has 0 spiro atoms. The molecule has 0 radical (unpaired) electrons. The molecule has 0 aromatic heterocycles. The Labute approximate surface area is 109 Å². The second-order valence-corrected chi connectivity index (χ2v) is 5.85. The first-order valence-electron chi connectivity index (χ1n) is 6.14. The number of nitrogens with two attached hydrogens (primary N) is 1. The smallest absolute Gasteiger partial charge is 0.160 e. The number of hydrogen-bond acceptors (Lipinski definition) is 2. The number of rotatable bonds is 2. The SMILES string of the molecule is NCc1ccc(N2CC3CCC2C3)c(F)c1Br. The van der Waals surface area contributed by atoms with E-state index >= 15 is 0 Å². The van der Waals surface area contributed by atoms with Crippen molar-refractivity contribution in [2.24, 2.45) is 11.7 Å². The fourth-order valence-corrected chi connectivity index (χ4v) is 3.68. The molecule has 2 atom stereocenters. The van der Waals surface area contributed by atoms with Gasteiger partial charge in [0.05, 0.1) is 10.2 Å². The van der Waals surface area contributed by atoms with Crippen molar-refractivity contribution in [2.75, 3.05) is 11.4 Å². The van der Waals surface area contributed by atoms with Crippen molar-refractivity contribution in [3.8, 4) is 0 Å². The summed E-state index contributed by atoms with van der Waals surface area (Å²) in [5, 5.41) is 0. The number of halogens is 2. The molecule has 2 unspecified atom stereocenters. The first kappa shape index (κ1) is 11.5. The van der Waals surface area contributed by atoms with Gasteiger partial charge < -0.3 is 10.6 Å².